The smallest absolute Gasteiger partial charge is 0.134 e. The maximum atomic E-state index is 6.37. The Bertz CT molecular complexity index is 693. The number of para-hydroxylation sites is 1. The fourth-order valence-corrected chi connectivity index (χ4v) is 2.46. The molecule has 0 aliphatic carbocycles. The van der Waals surface area contributed by atoms with Crippen molar-refractivity contribution in [2.75, 3.05) is 0 Å². The number of fused-ring (bicyclic) bond motifs is 1. The third-order valence-corrected chi connectivity index (χ3v) is 3.59. The van der Waals surface area contributed by atoms with Gasteiger partial charge in [0.05, 0.1) is 11.4 Å². The summed E-state index contributed by atoms with van der Waals surface area (Å²) in [6, 6.07) is 11.8. The van der Waals surface area contributed by atoms with E-state index in [4.69, 9.17) is 10.2 Å². The highest BCUT2D eigenvalue weighted by Crippen LogP contribution is 2.27. The molecule has 1 atom stereocenters. The van der Waals surface area contributed by atoms with Gasteiger partial charge in [0, 0.05) is 11.9 Å². The highest BCUT2D eigenvalue weighted by molar-refractivity contribution is 5.77. The number of aryl methyl sites for hydroxylation is 2. The molecule has 0 bridgehead atoms. The summed E-state index contributed by atoms with van der Waals surface area (Å²) in [7, 11) is 0. The van der Waals surface area contributed by atoms with E-state index in [-0.39, 0.29) is 6.04 Å². The number of rotatable bonds is 4. The zero-order chi connectivity index (χ0) is 14.1. The Balaban J connectivity index is 2.02. The van der Waals surface area contributed by atoms with Crippen LogP contribution in [0.3, 0.4) is 0 Å². The number of hydrogen-bond acceptors (Lipinski definition) is 3. The summed E-state index contributed by atoms with van der Waals surface area (Å²) in [6.45, 7) is 4.98. The van der Waals surface area contributed by atoms with Gasteiger partial charge < -0.3 is 10.2 Å². The van der Waals surface area contributed by atoms with Crippen LogP contribution in [0.5, 0.6) is 0 Å². The maximum Gasteiger partial charge on any atom is 0.134 e. The molecule has 2 aromatic heterocycles. The van der Waals surface area contributed by atoms with E-state index in [0.29, 0.717) is 0 Å². The molecule has 104 valence electrons. The first-order valence-electron chi connectivity index (χ1n) is 7.03. The molecule has 3 aromatic rings. The summed E-state index contributed by atoms with van der Waals surface area (Å²) >= 11 is 0. The van der Waals surface area contributed by atoms with E-state index in [1.54, 1.807) is 0 Å². The van der Waals surface area contributed by atoms with Crippen molar-refractivity contribution in [2.45, 2.75) is 32.9 Å². The van der Waals surface area contributed by atoms with E-state index in [2.05, 4.69) is 25.0 Å². The van der Waals surface area contributed by atoms with Crippen LogP contribution in [0.1, 0.15) is 37.0 Å². The second-order valence-electron chi connectivity index (χ2n) is 4.89. The maximum absolute atomic E-state index is 6.37. The molecule has 2 N–H and O–H groups in total. The Labute approximate surface area is 118 Å². The molecule has 3 rings (SSSR count). The van der Waals surface area contributed by atoms with Gasteiger partial charge in [-0.2, -0.15) is 5.10 Å². The SMILES string of the molecule is CCc1cc(C(N)c2cc3ccccc3o2)n(CC)n1. The zero-order valence-corrected chi connectivity index (χ0v) is 11.8. The van der Waals surface area contributed by atoms with Gasteiger partial charge >= 0.3 is 0 Å². The molecule has 0 saturated carbocycles. The molecule has 4 nitrogen and oxygen atoms in total. The first kappa shape index (κ1) is 12.9. The second-order valence-corrected chi connectivity index (χ2v) is 4.89. The Morgan fingerprint density at radius 2 is 2.05 bits per heavy atom. The van der Waals surface area contributed by atoms with Crippen LogP contribution >= 0.6 is 0 Å². The molecule has 0 amide bonds. The molecule has 4 heteroatoms. The average Bonchev–Trinajstić information content (AvgIpc) is 3.09. The number of nitrogens with two attached hydrogens (primary N) is 1. The van der Waals surface area contributed by atoms with Gasteiger partial charge in [-0.05, 0) is 31.5 Å². The molecular formula is C16H19N3O. The first-order chi connectivity index (χ1) is 9.72. The van der Waals surface area contributed by atoms with E-state index in [0.717, 1.165) is 41.1 Å². The number of benzene rings is 1. The highest BCUT2D eigenvalue weighted by atomic mass is 16.3. The van der Waals surface area contributed by atoms with E-state index >= 15 is 0 Å². The number of nitrogens with zero attached hydrogens (tertiary/aromatic N) is 2. The van der Waals surface area contributed by atoms with Crippen LogP contribution in [-0.4, -0.2) is 9.78 Å². The van der Waals surface area contributed by atoms with Crippen LogP contribution < -0.4 is 5.73 Å². The van der Waals surface area contributed by atoms with Crippen molar-refractivity contribution in [3.05, 3.63) is 53.5 Å². The zero-order valence-electron chi connectivity index (χ0n) is 11.8. The van der Waals surface area contributed by atoms with Crippen molar-refractivity contribution in [2.24, 2.45) is 5.73 Å². The van der Waals surface area contributed by atoms with E-state index in [9.17, 15) is 0 Å². The fraction of sp³-hybridized carbons (Fsp3) is 0.312. The minimum atomic E-state index is -0.282. The van der Waals surface area contributed by atoms with Crippen LogP contribution in [0.25, 0.3) is 11.0 Å². The molecule has 0 aliphatic rings. The minimum Gasteiger partial charge on any atom is -0.459 e. The lowest BCUT2D eigenvalue weighted by atomic mass is 10.1. The molecule has 20 heavy (non-hydrogen) atoms. The molecule has 0 radical (unpaired) electrons. The fourth-order valence-electron chi connectivity index (χ4n) is 2.46. The summed E-state index contributed by atoms with van der Waals surface area (Å²) in [5.41, 5.74) is 9.31. The molecule has 0 aliphatic heterocycles. The summed E-state index contributed by atoms with van der Waals surface area (Å²) in [4.78, 5) is 0. The van der Waals surface area contributed by atoms with Crippen LogP contribution in [0.4, 0.5) is 0 Å². The number of hydrogen-bond donors (Lipinski definition) is 1. The Morgan fingerprint density at radius 3 is 2.75 bits per heavy atom. The topological polar surface area (TPSA) is 57.0 Å². The van der Waals surface area contributed by atoms with Gasteiger partial charge in [-0.25, -0.2) is 0 Å². The van der Waals surface area contributed by atoms with Gasteiger partial charge in [0.1, 0.15) is 17.4 Å². The van der Waals surface area contributed by atoms with Crippen LogP contribution in [0.15, 0.2) is 40.8 Å². The lowest BCUT2D eigenvalue weighted by Crippen LogP contribution is -2.16. The second kappa shape index (κ2) is 5.13. The first-order valence-corrected chi connectivity index (χ1v) is 7.03. The summed E-state index contributed by atoms with van der Waals surface area (Å²) < 4.78 is 7.82. The third-order valence-electron chi connectivity index (χ3n) is 3.59. The van der Waals surface area contributed by atoms with Crippen molar-refractivity contribution in [1.29, 1.82) is 0 Å². The Kier molecular flexibility index (Phi) is 3.32. The van der Waals surface area contributed by atoms with Crippen LogP contribution in [0.2, 0.25) is 0 Å². The molecule has 0 saturated heterocycles. The lowest BCUT2D eigenvalue weighted by molar-refractivity contribution is 0.500. The van der Waals surface area contributed by atoms with Crippen LogP contribution in [0, 0.1) is 0 Å². The van der Waals surface area contributed by atoms with Gasteiger partial charge in [-0.15, -0.1) is 0 Å². The third kappa shape index (κ3) is 2.12. The monoisotopic (exact) mass is 269 g/mol. The van der Waals surface area contributed by atoms with Gasteiger partial charge in [-0.3, -0.25) is 4.68 Å². The summed E-state index contributed by atoms with van der Waals surface area (Å²) in [5.74, 6) is 0.781. The normalized spacial score (nSPS) is 12.9. The molecule has 1 unspecified atom stereocenters. The minimum absolute atomic E-state index is 0.282. The molecule has 2 heterocycles. The van der Waals surface area contributed by atoms with Gasteiger partial charge in [0.25, 0.3) is 0 Å². The molecule has 0 spiro atoms. The van der Waals surface area contributed by atoms with E-state index in [1.807, 2.05) is 35.0 Å². The largest absolute Gasteiger partial charge is 0.459 e. The predicted molar refractivity (Wildman–Crippen MR) is 79.5 cm³/mol. The van der Waals surface area contributed by atoms with E-state index in [1.165, 1.54) is 0 Å². The number of aromatic nitrogens is 2. The highest BCUT2D eigenvalue weighted by Gasteiger charge is 2.19. The molecule has 1 aromatic carbocycles. The van der Waals surface area contributed by atoms with Crippen molar-refractivity contribution in [3.63, 3.8) is 0 Å². The average molecular weight is 269 g/mol. The van der Waals surface area contributed by atoms with Gasteiger partial charge in [0.2, 0.25) is 0 Å². The number of furan rings is 1. The Hall–Kier alpha value is -2.07. The molecule has 0 fully saturated rings. The summed E-state index contributed by atoms with van der Waals surface area (Å²) in [6.07, 6.45) is 0.910. The van der Waals surface area contributed by atoms with Crippen molar-refractivity contribution in [3.8, 4) is 0 Å². The van der Waals surface area contributed by atoms with E-state index < -0.39 is 0 Å². The molecular weight excluding hydrogens is 250 g/mol. The van der Waals surface area contributed by atoms with Crippen molar-refractivity contribution >= 4 is 11.0 Å². The Morgan fingerprint density at radius 1 is 1.25 bits per heavy atom. The summed E-state index contributed by atoms with van der Waals surface area (Å²) in [5, 5.41) is 5.62. The standard InChI is InChI=1S/C16H19N3O/c1-3-12-10-13(19(4-2)18-12)16(17)15-9-11-7-5-6-8-14(11)20-15/h5-10,16H,3-4,17H2,1-2H3. The van der Waals surface area contributed by atoms with Crippen molar-refractivity contribution < 1.29 is 4.42 Å². The van der Waals surface area contributed by atoms with Crippen molar-refractivity contribution in [1.82, 2.24) is 9.78 Å². The van der Waals surface area contributed by atoms with Gasteiger partial charge in [-0.1, -0.05) is 25.1 Å². The van der Waals surface area contributed by atoms with Gasteiger partial charge in [0.15, 0.2) is 0 Å². The predicted octanol–water partition coefficient (Wildman–Crippen LogP) is 3.26. The quantitative estimate of drug-likeness (QED) is 0.791. The van der Waals surface area contributed by atoms with Crippen LogP contribution in [-0.2, 0) is 13.0 Å². The lowest BCUT2D eigenvalue weighted by Gasteiger charge is -2.10.